The zero-order chi connectivity index (χ0) is 16.0. The molecular weight excluding hydrogens is 316 g/mol. The van der Waals surface area contributed by atoms with E-state index in [1.807, 2.05) is 0 Å². The van der Waals surface area contributed by atoms with Crippen molar-refractivity contribution < 1.29 is 8.42 Å². The number of nitrogens with zero attached hydrogens (tertiary/aromatic N) is 3. The summed E-state index contributed by atoms with van der Waals surface area (Å²) in [5, 5.41) is 9.91. The Morgan fingerprint density at radius 3 is 2.83 bits per heavy atom. The van der Waals surface area contributed by atoms with Crippen molar-refractivity contribution in [2.45, 2.75) is 10.9 Å². The molecule has 1 aliphatic rings. The molecule has 0 bridgehead atoms. The van der Waals surface area contributed by atoms with Crippen LogP contribution < -0.4 is 10.5 Å². The molecule has 3 heterocycles. The van der Waals surface area contributed by atoms with E-state index >= 15 is 0 Å². The molecule has 4 N–H and O–H groups in total. The lowest BCUT2D eigenvalue weighted by Gasteiger charge is -2.12. The molecule has 0 radical (unpaired) electrons. The Kier molecular flexibility index (Phi) is 2.93. The van der Waals surface area contributed by atoms with E-state index < -0.39 is 10.0 Å². The van der Waals surface area contributed by atoms with Gasteiger partial charge in [-0.1, -0.05) is 6.07 Å². The van der Waals surface area contributed by atoms with Crippen LogP contribution in [0.15, 0.2) is 46.7 Å². The number of aromatic nitrogens is 3. The summed E-state index contributed by atoms with van der Waals surface area (Å²) in [7, 11) is -3.75. The average Bonchev–Trinajstić information content (AvgIpc) is 2.91. The Labute approximate surface area is 131 Å². The summed E-state index contributed by atoms with van der Waals surface area (Å²) in [4.78, 5) is 16.1. The van der Waals surface area contributed by atoms with Gasteiger partial charge in [0, 0.05) is 41.1 Å². The van der Waals surface area contributed by atoms with Crippen molar-refractivity contribution in [3.05, 3.63) is 42.6 Å². The minimum Gasteiger partial charge on any atom is -0.375 e. The molecule has 2 aromatic heterocycles. The first-order chi connectivity index (χ1) is 11.0. The van der Waals surface area contributed by atoms with Crippen LogP contribution in [0.2, 0.25) is 0 Å². The first-order valence-corrected chi connectivity index (χ1v) is 8.32. The number of benzene rings is 1. The maximum absolute atomic E-state index is 11.5. The highest BCUT2D eigenvalue weighted by molar-refractivity contribution is 7.89. The fourth-order valence-electron chi connectivity index (χ4n) is 2.51. The molecule has 0 aliphatic carbocycles. The fraction of sp³-hybridized carbons (Fsp3) is 0.0714. The summed E-state index contributed by atoms with van der Waals surface area (Å²) in [5.41, 5.74) is 1.27. The van der Waals surface area contributed by atoms with Gasteiger partial charge < -0.3 is 10.3 Å². The number of rotatable bonds is 2. The summed E-state index contributed by atoms with van der Waals surface area (Å²) >= 11 is 0. The van der Waals surface area contributed by atoms with Gasteiger partial charge in [-0.2, -0.15) is 0 Å². The van der Waals surface area contributed by atoms with Crippen molar-refractivity contribution in [2.24, 2.45) is 10.1 Å². The Balaban J connectivity index is 1.87. The monoisotopic (exact) mass is 328 g/mol. The summed E-state index contributed by atoms with van der Waals surface area (Å²) in [5.74, 6) is 0.573. The molecule has 9 heteroatoms. The van der Waals surface area contributed by atoms with Crippen molar-refractivity contribution in [1.29, 1.82) is 0 Å². The highest BCUT2D eigenvalue weighted by atomic mass is 32.2. The van der Waals surface area contributed by atoms with Gasteiger partial charge in [0.2, 0.25) is 10.0 Å². The molecule has 0 saturated heterocycles. The van der Waals surface area contributed by atoms with Crippen LogP contribution in [-0.2, 0) is 10.0 Å². The largest absolute Gasteiger partial charge is 0.375 e. The van der Waals surface area contributed by atoms with Crippen LogP contribution in [0.5, 0.6) is 0 Å². The lowest BCUT2D eigenvalue weighted by molar-refractivity contribution is 0.598. The average molecular weight is 328 g/mol. The van der Waals surface area contributed by atoms with Crippen molar-refractivity contribution in [1.82, 2.24) is 20.3 Å². The van der Waals surface area contributed by atoms with Crippen LogP contribution in [0.4, 0.5) is 0 Å². The second-order valence-corrected chi connectivity index (χ2v) is 6.69. The van der Waals surface area contributed by atoms with E-state index in [1.165, 1.54) is 12.1 Å². The Morgan fingerprint density at radius 1 is 1.22 bits per heavy atom. The van der Waals surface area contributed by atoms with E-state index in [0.29, 0.717) is 17.0 Å². The minimum absolute atomic E-state index is 0.0518. The van der Waals surface area contributed by atoms with Gasteiger partial charge in [-0.05, 0) is 12.1 Å². The van der Waals surface area contributed by atoms with E-state index in [0.717, 1.165) is 10.8 Å². The number of hydrogen-bond donors (Lipinski definition) is 3. The summed E-state index contributed by atoms with van der Waals surface area (Å²) < 4.78 is 22.9. The van der Waals surface area contributed by atoms with E-state index in [1.54, 1.807) is 30.9 Å². The first-order valence-electron chi connectivity index (χ1n) is 6.78. The van der Waals surface area contributed by atoms with Gasteiger partial charge in [0.05, 0.1) is 4.90 Å². The predicted molar refractivity (Wildman–Crippen MR) is 86.3 cm³/mol. The molecule has 1 atom stereocenters. The SMILES string of the molecule is NS(=O)(=O)c1ccc2c(c1)[nH]c1nc(C3C=NC=CN3)ncc12. The van der Waals surface area contributed by atoms with E-state index in [2.05, 4.69) is 25.3 Å². The van der Waals surface area contributed by atoms with Gasteiger partial charge >= 0.3 is 0 Å². The maximum atomic E-state index is 11.5. The predicted octanol–water partition coefficient (Wildman–Crippen LogP) is 0.945. The van der Waals surface area contributed by atoms with E-state index in [4.69, 9.17) is 5.14 Å². The second kappa shape index (κ2) is 4.86. The minimum atomic E-state index is -3.75. The number of sulfonamides is 1. The summed E-state index contributed by atoms with van der Waals surface area (Å²) in [6.45, 7) is 0. The molecule has 4 rings (SSSR count). The molecule has 0 saturated carbocycles. The summed E-state index contributed by atoms with van der Waals surface area (Å²) in [6.07, 6.45) is 6.79. The standard InChI is InChI=1S/C14H12N6O2S/c15-23(21,22)8-1-2-9-10-6-18-14(12-7-16-3-4-17-12)20-13(10)19-11(9)5-8/h1-7,12,17H,(H2,15,21,22)(H,18,19,20). The van der Waals surface area contributed by atoms with Gasteiger partial charge in [-0.3, -0.25) is 4.99 Å². The summed E-state index contributed by atoms with van der Waals surface area (Å²) in [6, 6.07) is 4.46. The fourth-order valence-corrected chi connectivity index (χ4v) is 3.05. The topological polar surface area (TPSA) is 126 Å². The molecule has 1 unspecified atom stereocenters. The van der Waals surface area contributed by atoms with Crippen LogP contribution in [0.3, 0.4) is 0 Å². The van der Waals surface area contributed by atoms with E-state index in [9.17, 15) is 8.42 Å². The number of fused-ring (bicyclic) bond motifs is 3. The highest BCUT2D eigenvalue weighted by Crippen LogP contribution is 2.26. The maximum Gasteiger partial charge on any atom is 0.238 e. The number of nitrogens with one attached hydrogen (secondary N) is 2. The number of aromatic amines is 1. The van der Waals surface area contributed by atoms with E-state index in [-0.39, 0.29) is 10.9 Å². The van der Waals surface area contributed by atoms with Crippen molar-refractivity contribution in [2.75, 3.05) is 0 Å². The second-order valence-electron chi connectivity index (χ2n) is 5.13. The third kappa shape index (κ3) is 2.35. The van der Waals surface area contributed by atoms with Gasteiger partial charge in [0.1, 0.15) is 11.7 Å². The molecule has 0 spiro atoms. The van der Waals surface area contributed by atoms with Crippen LogP contribution in [0, 0.1) is 0 Å². The van der Waals surface area contributed by atoms with Gasteiger partial charge in [0.25, 0.3) is 0 Å². The van der Waals surface area contributed by atoms with Crippen molar-refractivity contribution in [3.8, 4) is 0 Å². The lowest BCUT2D eigenvalue weighted by Crippen LogP contribution is -2.21. The Hall–Kier alpha value is -2.78. The van der Waals surface area contributed by atoms with Gasteiger partial charge in [0.15, 0.2) is 5.82 Å². The molecule has 3 aromatic rings. The number of hydrogen-bond acceptors (Lipinski definition) is 6. The Morgan fingerprint density at radius 2 is 2.09 bits per heavy atom. The van der Waals surface area contributed by atoms with Crippen LogP contribution in [0.25, 0.3) is 21.9 Å². The van der Waals surface area contributed by atoms with Crippen LogP contribution in [0.1, 0.15) is 11.9 Å². The lowest BCUT2D eigenvalue weighted by atomic mass is 10.2. The van der Waals surface area contributed by atoms with Crippen molar-refractivity contribution >= 4 is 38.2 Å². The quantitative estimate of drug-likeness (QED) is 0.645. The zero-order valence-electron chi connectivity index (χ0n) is 11.8. The molecule has 23 heavy (non-hydrogen) atoms. The molecule has 0 amide bonds. The number of H-pyrrole nitrogens is 1. The molecule has 1 aromatic carbocycles. The highest BCUT2D eigenvalue weighted by Gasteiger charge is 2.16. The first kappa shape index (κ1) is 13.9. The third-order valence-electron chi connectivity index (χ3n) is 3.62. The molecule has 8 nitrogen and oxygen atoms in total. The number of primary sulfonamides is 1. The number of nitrogens with two attached hydrogens (primary N) is 1. The van der Waals surface area contributed by atoms with Gasteiger partial charge in [-0.25, -0.2) is 23.5 Å². The zero-order valence-corrected chi connectivity index (χ0v) is 12.6. The Bertz CT molecular complexity index is 1080. The van der Waals surface area contributed by atoms with Crippen LogP contribution in [-0.4, -0.2) is 29.6 Å². The number of aliphatic imine (C=N–C) groups is 1. The smallest absolute Gasteiger partial charge is 0.238 e. The van der Waals surface area contributed by atoms with Crippen LogP contribution >= 0.6 is 0 Å². The third-order valence-corrected chi connectivity index (χ3v) is 4.53. The van der Waals surface area contributed by atoms with Crippen molar-refractivity contribution in [3.63, 3.8) is 0 Å². The van der Waals surface area contributed by atoms with Gasteiger partial charge in [-0.15, -0.1) is 0 Å². The normalized spacial score (nSPS) is 17.7. The molecule has 1 aliphatic heterocycles. The molecular formula is C14H12N6O2S. The molecule has 116 valence electrons. The molecule has 0 fully saturated rings.